The third-order valence-electron chi connectivity index (χ3n) is 2.32. The lowest BCUT2D eigenvalue weighted by molar-refractivity contribution is 0.560. The molecular weight excluding hydrogens is 206 g/mol. The molecule has 0 atom stereocenters. The fourth-order valence-corrected chi connectivity index (χ4v) is 1.39. The van der Waals surface area contributed by atoms with Gasteiger partial charge in [-0.3, -0.25) is 9.36 Å². The quantitative estimate of drug-likeness (QED) is 0.711. The van der Waals surface area contributed by atoms with Crippen LogP contribution in [0, 0.1) is 0 Å². The van der Waals surface area contributed by atoms with Gasteiger partial charge in [0.05, 0.1) is 6.54 Å². The first-order chi connectivity index (χ1) is 7.68. The third-order valence-corrected chi connectivity index (χ3v) is 2.32. The monoisotopic (exact) mass is 217 g/mol. The highest BCUT2D eigenvalue weighted by Crippen LogP contribution is 1.98. The Kier molecular flexibility index (Phi) is 2.68. The second-order valence-corrected chi connectivity index (χ2v) is 3.47. The van der Waals surface area contributed by atoms with Crippen molar-refractivity contribution in [2.75, 3.05) is 0 Å². The van der Waals surface area contributed by atoms with Crippen LogP contribution < -0.4 is 11.2 Å². The summed E-state index contributed by atoms with van der Waals surface area (Å²) in [4.78, 5) is 22.8. The van der Waals surface area contributed by atoms with Crippen molar-refractivity contribution in [1.82, 2.24) is 14.3 Å². The van der Waals surface area contributed by atoms with E-state index in [2.05, 4.69) is 5.10 Å². The minimum atomic E-state index is -0.406. The Morgan fingerprint density at radius 1 is 1.19 bits per heavy atom. The number of benzene rings is 1. The zero-order valence-electron chi connectivity index (χ0n) is 8.83. The van der Waals surface area contributed by atoms with Crippen molar-refractivity contribution in [2.45, 2.75) is 6.54 Å². The standard InChI is InChI=1S/C11H11N3O2/c1-13-10(15)7-12-14(11(13)16)8-9-5-3-2-4-6-9/h2-7H,8H2,1H3. The van der Waals surface area contributed by atoms with Gasteiger partial charge in [-0.05, 0) is 5.56 Å². The molecule has 0 bridgehead atoms. The second kappa shape index (κ2) is 4.14. The molecule has 0 saturated carbocycles. The predicted molar refractivity (Wildman–Crippen MR) is 59.3 cm³/mol. The summed E-state index contributed by atoms with van der Waals surface area (Å²) in [7, 11) is 1.44. The van der Waals surface area contributed by atoms with E-state index in [0.717, 1.165) is 16.3 Å². The van der Waals surface area contributed by atoms with Crippen molar-refractivity contribution < 1.29 is 0 Å². The van der Waals surface area contributed by atoms with Crippen LogP contribution in [0.25, 0.3) is 0 Å². The van der Waals surface area contributed by atoms with Gasteiger partial charge in [-0.1, -0.05) is 30.3 Å². The summed E-state index contributed by atoms with van der Waals surface area (Å²) in [5.41, 5.74) is 0.168. The largest absolute Gasteiger partial charge is 0.347 e. The van der Waals surface area contributed by atoms with E-state index in [0.29, 0.717) is 6.54 Å². The third kappa shape index (κ3) is 1.93. The second-order valence-electron chi connectivity index (χ2n) is 3.47. The molecule has 16 heavy (non-hydrogen) atoms. The molecule has 0 N–H and O–H groups in total. The van der Waals surface area contributed by atoms with E-state index < -0.39 is 11.2 Å². The topological polar surface area (TPSA) is 56.9 Å². The molecule has 1 heterocycles. The van der Waals surface area contributed by atoms with Gasteiger partial charge in [0, 0.05) is 7.05 Å². The van der Waals surface area contributed by atoms with Crippen molar-refractivity contribution >= 4 is 0 Å². The van der Waals surface area contributed by atoms with Gasteiger partial charge in [-0.2, -0.15) is 5.10 Å². The molecule has 0 aliphatic heterocycles. The Balaban J connectivity index is 2.41. The Labute approximate surface area is 91.6 Å². The average Bonchev–Trinajstić information content (AvgIpc) is 2.31. The van der Waals surface area contributed by atoms with E-state index in [1.165, 1.54) is 11.7 Å². The van der Waals surface area contributed by atoms with Crippen LogP contribution in [-0.4, -0.2) is 14.3 Å². The van der Waals surface area contributed by atoms with Gasteiger partial charge >= 0.3 is 5.69 Å². The minimum absolute atomic E-state index is 0.369. The van der Waals surface area contributed by atoms with Gasteiger partial charge in [0.25, 0.3) is 5.56 Å². The van der Waals surface area contributed by atoms with Crippen molar-refractivity contribution in [3.8, 4) is 0 Å². The molecule has 2 aromatic rings. The molecule has 0 aliphatic rings. The first kappa shape index (κ1) is 10.4. The molecular formula is C11H11N3O2. The number of rotatable bonds is 2. The maximum absolute atomic E-state index is 11.7. The molecule has 0 radical (unpaired) electrons. The molecule has 0 amide bonds. The van der Waals surface area contributed by atoms with Crippen LogP contribution in [0.1, 0.15) is 5.56 Å². The Morgan fingerprint density at radius 2 is 1.88 bits per heavy atom. The van der Waals surface area contributed by atoms with Crippen molar-refractivity contribution in [2.24, 2.45) is 7.05 Å². The number of aromatic nitrogens is 3. The first-order valence-corrected chi connectivity index (χ1v) is 4.85. The molecule has 0 aliphatic carbocycles. The highest BCUT2D eigenvalue weighted by atomic mass is 16.2. The zero-order chi connectivity index (χ0) is 11.5. The predicted octanol–water partition coefficient (Wildman–Crippen LogP) is -0.00970. The molecule has 5 heteroatoms. The summed E-state index contributed by atoms with van der Waals surface area (Å²) in [5.74, 6) is 0. The molecule has 1 aromatic heterocycles. The van der Waals surface area contributed by atoms with Gasteiger partial charge in [0.1, 0.15) is 6.20 Å². The molecule has 5 nitrogen and oxygen atoms in total. The van der Waals surface area contributed by atoms with Crippen molar-refractivity contribution in [1.29, 1.82) is 0 Å². The summed E-state index contributed by atoms with van der Waals surface area (Å²) in [6.07, 6.45) is 1.14. The van der Waals surface area contributed by atoms with Crippen LogP contribution in [0.5, 0.6) is 0 Å². The highest BCUT2D eigenvalue weighted by molar-refractivity contribution is 5.14. The molecule has 1 aromatic carbocycles. The highest BCUT2D eigenvalue weighted by Gasteiger charge is 2.02. The fourth-order valence-electron chi connectivity index (χ4n) is 1.39. The Bertz CT molecular complexity index is 599. The van der Waals surface area contributed by atoms with Crippen LogP contribution in [0.4, 0.5) is 0 Å². The maximum atomic E-state index is 11.7. The van der Waals surface area contributed by atoms with Gasteiger partial charge in [-0.25, -0.2) is 9.48 Å². The van der Waals surface area contributed by atoms with Crippen LogP contribution in [-0.2, 0) is 13.6 Å². The number of hydrogen-bond donors (Lipinski definition) is 0. The number of nitrogens with zero attached hydrogens (tertiary/aromatic N) is 3. The summed E-state index contributed by atoms with van der Waals surface area (Å²) in [6.45, 7) is 0.369. The lowest BCUT2D eigenvalue weighted by Crippen LogP contribution is -2.39. The van der Waals surface area contributed by atoms with Crippen LogP contribution in [0.15, 0.2) is 46.1 Å². The Morgan fingerprint density at radius 3 is 2.56 bits per heavy atom. The normalized spacial score (nSPS) is 10.3. The smallest absolute Gasteiger partial charge is 0.267 e. The fraction of sp³-hybridized carbons (Fsp3) is 0.182. The molecule has 82 valence electrons. The molecule has 0 saturated heterocycles. The van der Waals surface area contributed by atoms with Crippen LogP contribution in [0.2, 0.25) is 0 Å². The lowest BCUT2D eigenvalue weighted by atomic mass is 10.2. The molecule has 0 spiro atoms. The summed E-state index contributed by atoms with van der Waals surface area (Å²) >= 11 is 0. The first-order valence-electron chi connectivity index (χ1n) is 4.85. The molecule has 2 rings (SSSR count). The van der Waals surface area contributed by atoms with Crippen LogP contribution >= 0.6 is 0 Å². The van der Waals surface area contributed by atoms with Gasteiger partial charge in [0.15, 0.2) is 0 Å². The lowest BCUT2D eigenvalue weighted by Gasteiger charge is -2.05. The van der Waals surface area contributed by atoms with E-state index >= 15 is 0 Å². The minimum Gasteiger partial charge on any atom is -0.267 e. The van der Waals surface area contributed by atoms with E-state index in [-0.39, 0.29) is 0 Å². The van der Waals surface area contributed by atoms with Crippen molar-refractivity contribution in [3.63, 3.8) is 0 Å². The Hall–Kier alpha value is -2.17. The zero-order valence-corrected chi connectivity index (χ0v) is 8.83. The molecule has 0 fully saturated rings. The van der Waals surface area contributed by atoms with E-state index in [9.17, 15) is 9.59 Å². The maximum Gasteiger partial charge on any atom is 0.347 e. The van der Waals surface area contributed by atoms with E-state index in [1.807, 2.05) is 30.3 Å². The van der Waals surface area contributed by atoms with Crippen molar-refractivity contribution in [3.05, 3.63) is 62.9 Å². The summed E-state index contributed by atoms with van der Waals surface area (Å²) in [5, 5.41) is 3.80. The average molecular weight is 217 g/mol. The van der Waals surface area contributed by atoms with Crippen LogP contribution in [0.3, 0.4) is 0 Å². The van der Waals surface area contributed by atoms with E-state index in [1.54, 1.807) is 0 Å². The van der Waals surface area contributed by atoms with Gasteiger partial charge in [-0.15, -0.1) is 0 Å². The van der Waals surface area contributed by atoms with Gasteiger partial charge < -0.3 is 0 Å². The van der Waals surface area contributed by atoms with Gasteiger partial charge in [0.2, 0.25) is 0 Å². The van der Waals surface area contributed by atoms with E-state index in [4.69, 9.17) is 0 Å². The summed E-state index contributed by atoms with van der Waals surface area (Å²) < 4.78 is 2.30. The number of hydrogen-bond acceptors (Lipinski definition) is 3. The SMILES string of the molecule is Cn1c(=O)cnn(Cc2ccccc2)c1=O. The summed E-state index contributed by atoms with van der Waals surface area (Å²) in [6, 6.07) is 9.49. The molecule has 0 unspecified atom stereocenters.